The van der Waals surface area contributed by atoms with Gasteiger partial charge >= 0.3 is 11.9 Å². The minimum absolute atomic E-state index is 0.0665. The van der Waals surface area contributed by atoms with Crippen LogP contribution in [0.25, 0.3) is 0 Å². The summed E-state index contributed by atoms with van der Waals surface area (Å²) in [4.78, 5) is 22.1. The summed E-state index contributed by atoms with van der Waals surface area (Å²) in [6, 6.07) is 0. The average molecular weight is 215 g/mol. The molecule has 2 N–H and O–H groups in total. The van der Waals surface area contributed by atoms with Crippen LogP contribution in [-0.2, 0) is 19.1 Å². The van der Waals surface area contributed by atoms with Crippen molar-refractivity contribution in [3.05, 3.63) is 11.3 Å². The van der Waals surface area contributed by atoms with E-state index in [2.05, 4.69) is 9.47 Å². The number of carbonyl (C=O) groups excluding carboxylic acids is 2. The molecule has 0 aliphatic heterocycles. The molecule has 0 bridgehead atoms. The highest BCUT2D eigenvalue weighted by atomic mass is 16.5. The zero-order valence-electron chi connectivity index (χ0n) is 8.57. The van der Waals surface area contributed by atoms with Crippen LogP contribution in [-0.4, -0.2) is 36.5 Å². The Morgan fingerprint density at radius 3 is 2.07 bits per heavy atom. The monoisotopic (exact) mass is 215 g/mol. The van der Waals surface area contributed by atoms with Crippen LogP contribution in [0.2, 0.25) is 0 Å². The predicted molar refractivity (Wildman–Crippen MR) is 51.7 cm³/mol. The third-order valence-corrected chi connectivity index (χ3v) is 1.36. The lowest BCUT2D eigenvalue weighted by Crippen LogP contribution is -2.17. The third-order valence-electron chi connectivity index (χ3n) is 1.36. The van der Waals surface area contributed by atoms with E-state index in [1.54, 1.807) is 13.8 Å². The Kier molecular flexibility index (Phi) is 5.77. The zero-order chi connectivity index (χ0) is 11.8. The van der Waals surface area contributed by atoms with Crippen molar-refractivity contribution in [3.63, 3.8) is 0 Å². The number of ether oxygens (including phenoxy) is 2. The molecule has 6 nitrogen and oxygen atoms in total. The van der Waals surface area contributed by atoms with Crippen molar-refractivity contribution < 1.29 is 24.2 Å². The molecule has 0 heterocycles. The van der Waals surface area contributed by atoms with Crippen LogP contribution in [0.15, 0.2) is 11.3 Å². The van der Waals surface area contributed by atoms with Gasteiger partial charge in [0.05, 0.1) is 13.2 Å². The Hall–Kier alpha value is -1.85. The molecule has 0 aliphatic rings. The topological polar surface area (TPSA) is 96.7 Å². The van der Waals surface area contributed by atoms with Gasteiger partial charge in [0, 0.05) is 6.21 Å². The number of hydrogen-bond acceptors (Lipinski definition) is 6. The zero-order valence-corrected chi connectivity index (χ0v) is 8.57. The molecule has 0 aliphatic carbocycles. The van der Waals surface area contributed by atoms with Gasteiger partial charge in [0.25, 0.3) is 0 Å². The molecule has 0 atom stereocenters. The number of rotatable bonds is 5. The summed E-state index contributed by atoms with van der Waals surface area (Å²) >= 11 is 0. The lowest BCUT2D eigenvalue weighted by molar-refractivity contribution is -0.143. The number of aliphatic hydroxyl groups excluding tert-OH is 1. The minimum atomic E-state index is -1.05. The molecule has 0 fully saturated rings. The van der Waals surface area contributed by atoms with Gasteiger partial charge in [0.2, 0.25) is 5.76 Å². The summed E-state index contributed by atoms with van der Waals surface area (Å²) in [7, 11) is 0. The SMILES string of the molecule is CCOC(=O)/C(O)=C(/C=N)C(=O)OCC. The first kappa shape index (κ1) is 13.2. The van der Waals surface area contributed by atoms with E-state index in [0.717, 1.165) is 0 Å². The number of carbonyl (C=O) groups is 2. The van der Waals surface area contributed by atoms with Crippen molar-refractivity contribution >= 4 is 18.2 Å². The highest BCUT2D eigenvalue weighted by Crippen LogP contribution is 2.04. The molecule has 0 amide bonds. The van der Waals surface area contributed by atoms with Crippen molar-refractivity contribution in [2.24, 2.45) is 0 Å². The molecule has 15 heavy (non-hydrogen) atoms. The number of nitrogens with one attached hydrogen (secondary N) is 1. The molecular formula is C9H13NO5. The lowest BCUT2D eigenvalue weighted by atomic mass is 10.2. The summed E-state index contributed by atoms with van der Waals surface area (Å²) in [5.74, 6) is -2.90. The van der Waals surface area contributed by atoms with Gasteiger partial charge in [-0.25, -0.2) is 9.59 Å². The first-order valence-corrected chi connectivity index (χ1v) is 4.36. The Bertz CT molecular complexity index is 295. The van der Waals surface area contributed by atoms with Crippen LogP contribution in [0.1, 0.15) is 13.8 Å². The molecule has 0 aromatic rings. The van der Waals surface area contributed by atoms with Gasteiger partial charge in [0.1, 0.15) is 5.57 Å². The third kappa shape index (κ3) is 3.80. The maximum absolute atomic E-state index is 11.1. The summed E-state index contributed by atoms with van der Waals surface area (Å²) < 4.78 is 8.99. The predicted octanol–water partition coefficient (Wildman–Crippen LogP) is 0.574. The summed E-state index contributed by atoms with van der Waals surface area (Å²) in [5, 5.41) is 16.1. The second-order valence-electron chi connectivity index (χ2n) is 2.35. The Morgan fingerprint density at radius 1 is 1.20 bits per heavy atom. The average Bonchev–Trinajstić information content (AvgIpc) is 2.19. The molecular weight excluding hydrogens is 202 g/mol. The number of esters is 2. The van der Waals surface area contributed by atoms with Gasteiger partial charge in [-0.1, -0.05) is 0 Å². The van der Waals surface area contributed by atoms with Crippen LogP contribution in [0.4, 0.5) is 0 Å². The maximum atomic E-state index is 11.1. The molecule has 0 aromatic heterocycles. The van der Waals surface area contributed by atoms with Gasteiger partial charge in [-0.2, -0.15) is 0 Å². The molecule has 0 spiro atoms. The molecule has 0 rings (SSSR count). The van der Waals surface area contributed by atoms with E-state index in [9.17, 15) is 14.7 Å². The minimum Gasteiger partial charge on any atom is -0.501 e. The standard InChI is InChI=1S/C9H13NO5/c1-3-14-8(12)6(5-10)7(11)9(13)15-4-2/h5,10-11H,3-4H2,1-2H3/b7-6+,10-5?. The second-order valence-corrected chi connectivity index (χ2v) is 2.35. The Morgan fingerprint density at radius 2 is 1.67 bits per heavy atom. The van der Waals surface area contributed by atoms with Gasteiger partial charge < -0.3 is 20.0 Å². The molecule has 0 saturated carbocycles. The maximum Gasteiger partial charge on any atom is 0.374 e. The highest BCUT2D eigenvalue weighted by Gasteiger charge is 2.20. The summed E-state index contributed by atoms with van der Waals surface area (Å²) in [6.45, 7) is 3.28. The summed E-state index contributed by atoms with van der Waals surface area (Å²) in [6.07, 6.45) is 0.546. The fourth-order valence-corrected chi connectivity index (χ4v) is 0.742. The highest BCUT2D eigenvalue weighted by molar-refractivity contribution is 6.13. The first-order chi connectivity index (χ1) is 7.08. The van der Waals surface area contributed by atoms with Gasteiger partial charge in [-0.05, 0) is 13.8 Å². The fourth-order valence-electron chi connectivity index (χ4n) is 0.742. The molecule has 84 valence electrons. The molecule has 6 heteroatoms. The van der Waals surface area contributed by atoms with Gasteiger partial charge in [-0.3, -0.25) is 0 Å². The number of hydrogen-bond donors (Lipinski definition) is 2. The Balaban J connectivity index is 4.88. The molecule has 0 aromatic carbocycles. The van der Waals surface area contributed by atoms with E-state index in [0.29, 0.717) is 6.21 Å². The van der Waals surface area contributed by atoms with E-state index >= 15 is 0 Å². The van der Waals surface area contributed by atoms with Gasteiger partial charge in [0.15, 0.2) is 0 Å². The van der Waals surface area contributed by atoms with Crippen LogP contribution >= 0.6 is 0 Å². The van der Waals surface area contributed by atoms with Crippen molar-refractivity contribution in [1.29, 1.82) is 5.41 Å². The van der Waals surface area contributed by atoms with Crippen LogP contribution < -0.4 is 0 Å². The second kappa shape index (κ2) is 6.58. The Labute approximate surface area is 87.0 Å². The van der Waals surface area contributed by atoms with Crippen molar-refractivity contribution in [2.75, 3.05) is 13.2 Å². The summed E-state index contributed by atoms with van der Waals surface area (Å²) in [5.41, 5.74) is -0.518. The number of aliphatic hydroxyl groups is 1. The van der Waals surface area contributed by atoms with E-state index in [1.165, 1.54) is 0 Å². The molecule has 0 radical (unpaired) electrons. The van der Waals surface area contributed by atoms with Crippen LogP contribution in [0, 0.1) is 5.41 Å². The van der Waals surface area contributed by atoms with Crippen LogP contribution in [0.5, 0.6) is 0 Å². The van der Waals surface area contributed by atoms with Gasteiger partial charge in [-0.15, -0.1) is 0 Å². The quantitative estimate of drug-likeness (QED) is 0.302. The van der Waals surface area contributed by atoms with E-state index in [-0.39, 0.29) is 13.2 Å². The molecule has 0 saturated heterocycles. The van der Waals surface area contributed by atoms with Crippen molar-refractivity contribution in [3.8, 4) is 0 Å². The fraction of sp³-hybridized carbons (Fsp3) is 0.444. The smallest absolute Gasteiger partial charge is 0.374 e. The normalized spacial score (nSPS) is 11.3. The van der Waals surface area contributed by atoms with E-state index in [4.69, 9.17) is 5.41 Å². The largest absolute Gasteiger partial charge is 0.501 e. The van der Waals surface area contributed by atoms with Crippen molar-refractivity contribution in [2.45, 2.75) is 13.8 Å². The van der Waals surface area contributed by atoms with E-state index in [1.807, 2.05) is 0 Å². The van der Waals surface area contributed by atoms with Crippen LogP contribution in [0.3, 0.4) is 0 Å². The first-order valence-electron chi connectivity index (χ1n) is 4.36. The molecule has 0 unspecified atom stereocenters. The van der Waals surface area contributed by atoms with E-state index < -0.39 is 23.3 Å². The lowest BCUT2D eigenvalue weighted by Gasteiger charge is -2.04. The van der Waals surface area contributed by atoms with Crippen molar-refractivity contribution in [1.82, 2.24) is 0 Å².